The van der Waals surface area contributed by atoms with Gasteiger partial charge in [0.25, 0.3) is 5.91 Å². The minimum absolute atomic E-state index is 0.262. The van der Waals surface area contributed by atoms with E-state index in [1.165, 1.54) is 0 Å². The van der Waals surface area contributed by atoms with E-state index in [-0.39, 0.29) is 5.91 Å². The zero-order valence-corrected chi connectivity index (χ0v) is 12.1. The Balaban J connectivity index is 1.95. The standard InChI is InChI=1S/C16H13ClN2O2/c1-11(21-15-8-2-12(10-18)3-9-15)16(20)19-14-6-4-13(17)5-7-14/h2-9,11H,1H3,(H,19,20). The number of halogens is 1. The molecule has 1 atom stereocenters. The molecule has 0 saturated heterocycles. The first-order chi connectivity index (χ1) is 10.1. The second-order valence-electron chi connectivity index (χ2n) is 4.39. The molecule has 0 heterocycles. The van der Waals surface area contributed by atoms with E-state index in [9.17, 15) is 4.79 Å². The molecule has 2 aromatic rings. The van der Waals surface area contributed by atoms with Gasteiger partial charge in [-0.3, -0.25) is 4.79 Å². The summed E-state index contributed by atoms with van der Waals surface area (Å²) in [4.78, 5) is 12.0. The van der Waals surface area contributed by atoms with Crippen molar-refractivity contribution in [2.24, 2.45) is 0 Å². The molecule has 21 heavy (non-hydrogen) atoms. The molecule has 1 amide bonds. The smallest absolute Gasteiger partial charge is 0.265 e. The second kappa shape index (κ2) is 6.78. The van der Waals surface area contributed by atoms with Crippen molar-refractivity contribution in [2.45, 2.75) is 13.0 Å². The average Bonchev–Trinajstić information content (AvgIpc) is 2.50. The van der Waals surface area contributed by atoms with Gasteiger partial charge in [0.05, 0.1) is 11.6 Å². The average molecular weight is 301 g/mol. The highest BCUT2D eigenvalue weighted by atomic mass is 35.5. The van der Waals surface area contributed by atoms with E-state index in [1.807, 2.05) is 6.07 Å². The molecular formula is C16H13ClN2O2. The van der Waals surface area contributed by atoms with Crippen LogP contribution in [0.3, 0.4) is 0 Å². The summed E-state index contributed by atoms with van der Waals surface area (Å²) in [6.07, 6.45) is -0.659. The lowest BCUT2D eigenvalue weighted by molar-refractivity contribution is -0.122. The van der Waals surface area contributed by atoms with E-state index in [4.69, 9.17) is 21.6 Å². The lowest BCUT2D eigenvalue weighted by Gasteiger charge is -2.14. The molecular weight excluding hydrogens is 288 g/mol. The van der Waals surface area contributed by atoms with Gasteiger partial charge in [0.1, 0.15) is 5.75 Å². The number of anilines is 1. The van der Waals surface area contributed by atoms with Gasteiger partial charge in [0, 0.05) is 10.7 Å². The molecule has 0 bridgehead atoms. The number of amides is 1. The van der Waals surface area contributed by atoms with Crippen LogP contribution in [0.15, 0.2) is 48.5 Å². The van der Waals surface area contributed by atoms with Crippen LogP contribution >= 0.6 is 11.6 Å². The normalized spacial score (nSPS) is 11.3. The highest BCUT2D eigenvalue weighted by Gasteiger charge is 2.14. The van der Waals surface area contributed by atoms with Crippen molar-refractivity contribution in [3.63, 3.8) is 0 Å². The molecule has 0 aromatic heterocycles. The van der Waals surface area contributed by atoms with Crippen LogP contribution in [0.5, 0.6) is 5.75 Å². The number of ether oxygens (including phenoxy) is 1. The molecule has 1 unspecified atom stereocenters. The number of benzene rings is 2. The number of nitriles is 1. The Hall–Kier alpha value is -2.51. The third-order valence-corrected chi connectivity index (χ3v) is 3.03. The Morgan fingerprint density at radius 3 is 2.38 bits per heavy atom. The van der Waals surface area contributed by atoms with E-state index in [2.05, 4.69) is 5.32 Å². The Labute approximate surface area is 127 Å². The van der Waals surface area contributed by atoms with Gasteiger partial charge in [-0.05, 0) is 55.5 Å². The molecule has 0 aliphatic rings. The molecule has 2 aromatic carbocycles. The van der Waals surface area contributed by atoms with Gasteiger partial charge in [0.15, 0.2) is 6.10 Å². The van der Waals surface area contributed by atoms with Crippen LogP contribution in [-0.4, -0.2) is 12.0 Å². The van der Waals surface area contributed by atoms with Crippen LogP contribution in [-0.2, 0) is 4.79 Å². The van der Waals surface area contributed by atoms with Crippen LogP contribution in [0.2, 0.25) is 5.02 Å². The maximum atomic E-state index is 12.0. The van der Waals surface area contributed by atoms with Crippen LogP contribution in [0.1, 0.15) is 12.5 Å². The number of carbonyl (C=O) groups is 1. The lowest BCUT2D eigenvalue weighted by Crippen LogP contribution is -2.30. The fourth-order valence-electron chi connectivity index (χ4n) is 1.64. The molecule has 2 rings (SSSR count). The zero-order valence-electron chi connectivity index (χ0n) is 11.3. The Morgan fingerprint density at radius 2 is 1.81 bits per heavy atom. The molecule has 0 aliphatic heterocycles. The number of hydrogen-bond donors (Lipinski definition) is 1. The minimum atomic E-state index is -0.659. The fraction of sp³-hybridized carbons (Fsp3) is 0.125. The summed E-state index contributed by atoms with van der Waals surface area (Å²) >= 11 is 5.78. The summed E-state index contributed by atoms with van der Waals surface area (Å²) in [5.41, 5.74) is 1.19. The minimum Gasteiger partial charge on any atom is -0.481 e. The maximum absolute atomic E-state index is 12.0. The zero-order chi connectivity index (χ0) is 15.2. The molecule has 4 nitrogen and oxygen atoms in total. The Morgan fingerprint density at radius 1 is 1.19 bits per heavy atom. The third-order valence-electron chi connectivity index (χ3n) is 2.78. The highest BCUT2D eigenvalue weighted by molar-refractivity contribution is 6.30. The molecule has 0 radical (unpaired) electrons. The van der Waals surface area contributed by atoms with Gasteiger partial charge in [-0.2, -0.15) is 5.26 Å². The Kier molecular flexibility index (Phi) is 4.81. The number of nitrogens with one attached hydrogen (secondary N) is 1. The number of hydrogen-bond acceptors (Lipinski definition) is 3. The van der Waals surface area contributed by atoms with Crippen LogP contribution in [0.4, 0.5) is 5.69 Å². The third kappa shape index (κ3) is 4.23. The molecule has 0 aliphatic carbocycles. The van der Waals surface area contributed by atoms with Crippen molar-refractivity contribution in [3.05, 3.63) is 59.1 Å². The van der Waals surface area contributed by atoms with Crippen molar-refractivity contribution >= 4 is 23.2 Å². The van der Waals surface area contributed by atoms with Crippen molar-refractivity contribution in [2.75, 3.05) is 5.32 Å². The first-order valence-electron chi connectivity index (χ1n) is 6.32. The highest BCUT2D eigenvalue weighted by Crippen LogP contribution is 2.16. The van der Waals surface area contributed by atoms with E-state index >= 15 is 0 Å². The summed E-state index contributed by atoms with van der Waals surface area (Å²) in [6.45, 7) is 1.66. The second-order valence-corrected chi connectivity index (χ2v) is 4.83. The van der Waals surface area contributed by atoms with Gasteiger partial charge in [-0.1, -0.05) is 11.6 Å². The van der Waals surface area contributed by atoms with E-state index in [0.29, 0.717) is 22.0 Å². The quantitative estimate of drug-likeness (QED) is 0.938. The van der Waals surface area contributed by atoms with Crippen molar-refractivity contribution in [1.29, 1.82) is 5.26 Å². The Bertz CT molecular complexity index is 660. The SMILES string of the molecule is CC(Oc1ccc(C#N)cc1)C(=O)Nc1ccc(Cl)cc1. The van der Waals surface area contributed by atoms with Gasteiger partial charge < -0.3 is 10.1 Å². The van der Waals surface area contributed by atoms with Crippen molar-refractivity contribution < 1.29 is 9.53 Å². The number of nitrogens with zero attached hydrogens (tertiary/aromatic N) is 1. The van der Waals surface area contributed by atoms with Gasteiger partial charge in [-0.15, -0.1) is 0 Å². The predicted molar refractivity (Wildman–Crippen MR) is 81.3 cm³/mol. The monoisotopic (exact) mass is 300 g/mol. The first kappa shape index (κ1) is 14.9. The summed E-state index contributed by atoms with van der Waals surface area (Å²) in [5, 5.41) is 12.1. The topological polar surface area (TPSA) is 62.1 Å². The number of carbonyl (C=O) groups excluding carboxylic acids is 1. The van der Waals surface area contributed by atoms with Crippen molar-refractivity contribution in [1.82, 2.24) is 0 Å². The van der Waals surface area contributed by atoms with Gasteiger partial charge in [0.2, 0.25) is 0 Å². The molecule has 5 heteroatoms. The molecule has 106 valence electrons. The van der Waals surface area contributed by atoms with Gasteiger partial charge in [-0.25, -0.2) is 0 Å². The largest absolute Gasteiger partial charge is 0.481 e. The van der Waals surface area contributed by atoms with Crippen LogP contribution < -0.4 is 10.1 Å². The summed E-state index contributed by atoms with van der Waals surface area (Å²) in [6, 6.07) is 15.4. The fourth-order valence-corrected chi connectivity index (χ4v) is 1.77. The molecule has 0 fully saturated rings. The summed E-state index contributed by atoms with van der Waals surface area (Å²) in [5.74, 6) is 0.273. The summed E-state index contributed by atoms with van der Waals surface area (Å²) in [7, 11) is 0. The molecule has 0 spiro atoms. The van der Waals surface area contributed by atoms with Crippen LogP contribution in [0, 0.1) is 11.3 Å². The van der Waals surface area contributed by atoms with Crippen molar-refractivity contribution in [3.8, 4) is 11.8 Å². The van der Waals surface area contributed by atoms with E-state index in [0.717, 1.165) is 0 Å². The predicted octanol–water partition coefficient (Wildman–Crippen LogP) is 3.62. The van der Waals surface area contributed by atoms with E-state index in [1.54, 1.807) is 55.5 Å². The molecule has 1 N–H and O–H groups in total. The number of rotatable bonds is 4. The molecule has 0 saturated carbocycles. The van der Waals surface area contributed by atoms with E-state index < -0.39 is 6.10 Å². The van der Waals surface area contributed by atoms with Crippen LogP contribution in [0.25, 0.3) is 0 Å². The summed E-state index contributed by atoms with van der Waals surface area (Å²) < 4.78 is 5.52. The maximum Gasteiger partial charge on any atom is 0.265 e. The lowest BCUT2D eigenvalue weighted by atomic mass is 10.2. The van der Waals surface area contributed by atoms with Gasteiger partial charge >= 0.3 is 0 Å². The first-order valence-corrected chi connectivity index (χ1v) is 6.69.